The molecule has 0 spiro atoms. The number of unbranched alkanes of at least 4 members (excludes halogenated alkanes) is 16. The van der Waals surface area contributed by atoms with E-state index in [4.69, 9.17) is 37.0 Å². The number of aliphatic hydroxyl groups excluding tert-OH is 1. The summed E-state index contributed by atoms with van der Waals surface area (Å²) in [4.78, 5) is 73.1. The van der Waals surface area contributed by atoms with Crippen LogP contribution >= 0.6 is 15.6 Å². The molecule has 0 aromatic carbocycles. The number of phosphoric ester groups is 2. The van der Waals surface area contributed by atoms with Gasteiger partial charge >= 0.3 is 39.5 Å². The zero-order valence-electron chi connectivity index (χ0n) is 66.7. The summed E-state index contributed by atoms with van der Waals surface area (Å²) in [6, 6.07) is 0. The molecule has 108 heavy (non-hydrogen) atoms. The summed E-state index contributed by atoms with van der Waals surface area (Å²) in [6.45, 7) is 4.30. The average Bonchev–Trinajstić information content (AvgIpc) is 0.892. The predicted octanol–water partition coefficient (Wildman–Crippen LogP) is 24.1. The highest BCUT2D eigenvalue weighted by atomic mass is 31.2. The van der Waals surface area contributed by atoms with Crippen LogP contribution in [-0.4, -0.2) is 96.7 Å². The lowest BCUT2D eigenvalue weighted by Gasteiger charge is -2.21. The van der Waals surface area contributed by atoms with E-state index in [1.54, 1.807) is 0 Å². The van der Waals surface area contributed by atoms with E-state index in [0.29, 0.717) is 32.1 Å². The molecule has 0 aliphatic carbocycles. The van der Waals surface area contributed by atoms with E-state index in [9.17, 15) is 43.2 Å². The number of hydrogen-bond donors (Lipinski definition) is 3. The summed E-state index contributed by atoms with van der Waals surface area (Å²) >= 11 is 0. The highest BCUT2D eigenvalue weighted by Crippen LogP contribution is 2.45. The Morgan fingerprint density at radius 2 is 0.500 bits per heavy atom. The maximum absolute atomic E-state index is 13.1. The second kappa shape index (κ2) is 79.0. The van der Waals surface area contributed by atoms with E-state index >= 15 is 0 Å². The van der Waals surface area contributed by atoms with Crippen LogP contribution in [0.15, 0.2) is 194 Å². The van der Waals surface area contributed by atoms with Crippen LogP contribution in [0, 0.1) is 0 Å². The molecule has 0 bridgehead atoms. The lowest BCUT2D eigenvalue weighted by atomic mass is 10.1. The molecule has 0 aromatic rings. The van der Waals surface area contributed by atoms with Gasteiger partial charge in [-0.05, 0) is 167 Å². The predicted molar refractivity (Wildman–Crippen MR) is 445 cm³/mol. The quantitative estimate of drug-likeness (QED) is 0.0169. The average molecular weight is 1550 g/mol. The van der Waals surface area contributed by atoms with Crippen molar-refractivity contribution in [3.05, 3.63) is 194 Å². The zero-order valence-corrected chi connectivity index (χ0v) is 68.5. The second-order valence-corrected chi connectivity index (χ2v) is 29.1. The normalized spacial score (nSPS) is 14.8. The van der Waals surface area contributed by atoms with Gasteiger partial charge in [0.15, 0.2) is 12.2 Å². The molecule has 0 saturated heterocycles. The molecule has 19 heteroatoms. The first-order valence-electron chi connectivity index (χ1n) is 40.7. The molecule has 3 N–H and O–H groups in total. The van der Waals surface area contributed by atoms with Gasteiger partial charge in [-0.1, -0.05) is 286 Å². The van der Waals surface area contributed by atoms with Crippen LogP contribution in [0.2, 0.25) is 0 Å². The molecular weight excluding hydrogens is 1400 g/mol. The number of phosphoric acid groups is 2. The summed E-state index contributed by atoms with van der Waals surface area (Å²) in [5, 5.41) is 10.7. The lowest BCUT2D eigenvalue weighted by molar-refractivity contribution is -0.161. The number of allylic oxidation sites excluding steroid dienone is 32. The number of carbonyl (C=O) groups excluding carboxylic acids is 4. The number of ether oxygens (including phenoxy) is 4. The Kier molecular flexibility index (Phi) is 74.5. The Balaban J connectivity index is 5.49. The smallest absolute Gasteiger partial charge is 0.462 e. The summed E-state index contributed by atoms with van der Waals surface area (Å²) in [6.07, 6.45) is 97.0. The van der Waals surface area contributed by atoms with Crippen LogP contribution in [0.3, 0.4) is 0 Å². The van der Waals surface area contributed by atoms with Gasteiger partial charge in [0, 0.05) is 25.7 Å². The minimum Gasteiger partial charge on any atom is -0.462 e. The monoisotopic (exact) mass is 1540 g/mol. The van der Waals surface area contributed by atoms with Crippen molar-refractivity contribution in [2.75, 3.05) is 39.6 Å². The van der Waals surface area contributed by atoms with E-state index in [0.717, 1.165) is 199 Å². The van der Waals surface area contributed by atoms with E-state index in [1.807, 2.05) is 18.2 Å². The molecule has 0 aromatic heterocycles. The van der Waals surface area contributed by atoms with Crippen molar-refractivity contribution in [2.24, 2.45) is 0 Å². The van der Waals surface area contributed by atoms with Crippen molar-refractivity contribution in [1.82, 2.24) is 0 Å². The summed E-state index contributed by atoms with van der Waals surface area (Å²) < 4.78 is 68.6. The fourth-order valence-electron chi connectivity index (χ4n) is 9.97. The Labute approximate surface area is 653 Å². The van der Waals surface area contributed by atoms with Gasteiger partial charge in [0.1, 0.15) is 19.3 Å². The number of hydrogen-bond acceptors (Lipinski definition) is 15. The Morgan fingerprint density at radius 3 is 0.796 bits per heavy atom. The summed E-state index contributed by atoms with van der Waals surface area (Å²) in [5.74, 6) is -2.35. The second-order valence-electron chi connectivity index (χ2n) is 26.2. The first kappa shape index (κ1) is 102. The third-order valence-electron chi connectivity index (χ3n) is 16.0. The van der Waals surface area contributed by atoms with Gasteiger partial charge in [0.25, 0.3) is 0 Å². The highest BCUT2D eigenvalue weighted by molar-refractivity contribution is 7.47. The number of esters is 4. The molecule has 5 atom stereocenters. The lowest BCUT2D eigenvalue weighted by Crippen LogP contribution is -2.30. The van der Waals surface area contributed by atoms with Crippen LogP contribution in [0.25, 0.3) is 0 Å². The molecule has 0 aliphatic rings. The largest absolute Gasteiger partial charge is 0.472 e. The molecule has 0 radical (unpaired) electrons. The van der Waals surface area contributed by atoms with Crippen molar-refractivity contribution >= 4 is 39.5 Å². The fraction of sp³-hybridized carbons (Fsp3) is 0.596. The molecule has 17 nitrogen and oxygen atoms in total. The van der Waals surface area contributed by atoms with Crippen LogP contribution in [0.4, 0.5) is 0 Å². The van der Waals surface area contributed by atoms with Crippen LogP contribution in [0.5, 0.6) is 0 Å². The highest BCUT2D eigenvalue weighted by Gasteiger charge is 2.30. The zero-order chi connectivity index (χ0) is 78.9. The van der Waals surface area contributed by atoms with Gasteiger partial charge in [-0.2, -0.15) is 0 Å². The van der Waals surface area contributed by atoms with Gasteiger partial charge in [-0.3, -0.25) is 37.3 Å². The third-order valence-corrected chi connectivity index (χ3v) is 17.9. The molecular formula is C89H142O17P2. The maximum atomic E-state index is 13.1. The Morgan fingerprint density at radius 1 is 0.269 bits per heavy atom. The van der Waals surface area contributed by atoms with Gasteiger partial charge in [-0.15, -0.1) is 0 Å². The van der Waals surface area contributed by atoms with Crippen molar-refractivity contribution in [1.29, 1.82) is 0 Å². The minimum atomic E-state index is -5.01. The van der Waals surface area contributed by atoms with E-state index in [-0.39, 0.29) is 25.7 Å². The van der Waals surface area contributed by atoms with Gasteiger partial charge in [0.05, 0.1) is 26.4 Å². The first-order chi connectivity index (χ1) is 52.7. The van der Waals surface area contributed by atoms with Crippen molar-refractivity contribution in [3.63, 3.8) is 0 Å². The fourth-order valence-corrected chi connectivity index (χ4v) is 11.5. The molecule has 0 heterocycles. The molecule has 5 unspecified atom stereocenters. The molecule has 0 saturated carbocycles. The maximum Gasteiger partial charge on any atom is 0.472 e. The van der Waals surface area contributed by atoms with Gasteiger partial charge in [0.2, 0.25) is 0 Å². The molecule has 0 fully saturated rings. The summed E-state index contributed by atoms with van der Waals surface area (Å²) in [7, 11) is -10.0. The minimum absolute atomic E-state index is 0.0245. The van der Waals surface area contributed by atoms with Gasteiger partial charge in [-0.25, -0.2) is 9.13 Å². The number of aliphatic hydroxyl groups is 1. The van der Waals surface area contributed by atoms with E-state index in [2.05, 4.69) is 204 Å². The standard InChI is InChI=1S/C89H142O17P2/c1-5-9-13-17-21-25-29-33-36-39-41-44-47-51-54-58-62-66-70-74-87(92)100-80-85(106-89(94)76-72-68-64-60-56-52-48-45-42-40-37-34-30-26-22-18-14-10-6-2)82-104-108(97,98)102-78-83(90)77-101-107(95,96)103-81-84(105-88(93)75-71-67-63-59-55-49-32-28-24-20-16-12-8-4)79-99-86(91)73-69-65-61-57-53-50-46-43-38-35-31-27-23-19-15-11-7-3/h9-11,13-16,20-23,25-28,32-38,41-42,44-46,50-51,54,62,66,83-85,90H,5-8,12,17-19,24,29-31,39-40,43,47-49,52-53,55-61,63-65,67-82H2,1-4H3,(H,95,96)(H,97,98)/b13-9-,14-10-,15-11-,20-16-,25-21-,26-22-,27-23-,32-28-,36-33-,37-34-,38-35-,44-41-,45-42-,50-46-,54-51-,66-62-. The summed E-state index contributed by atoms with van der Waals surface area (Å²) in [5.41, 5.74) is 0. The Hall–Kier alpha value is -6.10. The third kappa shape index (κ3) is 78.0. The van der Waals surface area contributed by atoms with Crippen molar-refractivity contribution in [3.8, 4) is 0 Å². The molecule has 610 valence electrons. The molecule has 0 rings (SSSR count). The van der Waals surface area contributed by atoms with Crippen LogP contribution < -0.4 is 0 Å². The van der Waals surface area contributed by atoms with E-state index < -0.39 is 97.5 Å². The number of rotatable bonds is 74. The molecule has 0 amide bonds. The van der Waals surface area contributed by atoms with Gasteiger partial charge < -0.3 is 33.8 Å². The van der Waals surface area contributed by atoms with E-state index in [1.165, 1.54) is 0 Å². The Bertz CT molecular complexity index is 2810. The van der Waals surface area contributed by atoms with Crippen molar-refractivity contribution in [2.45, 2.75) is 303 Å². The SMILES string of the molecule is CC/C=C\C/C=C\C/C=C\C/C=C\C/C=C\C/C=C\CCC(=O)OCC(COP(=O)(O)OCC(O)COP(=O)(O)OCC(COC(=O)CCCCCC/C=C\C/C=C\C/C=C\C/C=C\CC)OC(=O)CCCCCCC/C=C\C/C=C\CCC)OC(=O)CCCCCCCC/C=C\C/C=C\C/C=C\C/C=C\CC. The molecule has 0 aliphatic heterocycles. The van der Waals surface area contributed by atoms with Crippen LogP contribution in [0.1, 0.15) is 285 Å². The van der Waals surface area contributed by atoms with Crippen molar-refractivity contribution < 1.29 is 80.2 Å². The van der Waals surface area contributed by atoms with Crippen LogP contribution in [-0.2, 0) is 65.4 Å². The number of carbonyl (C=O) groups is 4. The first-order valence-corrected chi connectivity index (χ1v) is 43.7. The topological polar surface area (TPSA) is 237 Å².